The molecule has 1 aliphatic heterocycles. The highest BCUT2D eigenvalue weighted by Gasteiger charge is 2.16. The SMILES string of the molecule is CCNC(=NCc1ccc(N2CCN(CC)CC2)nc1)NCCc1ccccc1. The summed E-state index contributed by atoms with van der Waals surface area (Å²) in [6.07, 6.45) is 2.94. The highest BCUT2D eigenvalue weighted by Crippen LogP contribution is 2.14. The Morgan fingerprint density at radius 1 is 0.966 bits per heavy atom. The van der Waals surface area contributed by atoms with Crippen molar-refractivity contribution in [2.24, 2.45) is 4.99 Å². The number of pyridine rings is 1. The second kappa shape index (κ2) is 11.4. The second-order valence-corrected chi connectivity index (χ2v) is 7.30. The maximum absolute atomic E-state index is 4.71. The number of nitrogens with one attached hydrogen (secondary N) is 2. The van der Waals surface area contributed by atoms with E-state index >= 15 is 0 Å². The zero-order chi connectivity index (χ0) is 20.3. The Morgan fingerprint density at radius 2 is 1.76 bits per heavy atom. The van der Waals surface area contributed by atoms with Crippen LogP contribution in [-0.4, -0.2) is 61.7 Å². The molecule has 0 spiro atoms. The molecule has 3 rings (SSSR count). The molecule has 2 heterocycles. The van der Waals surface area contributed by atoms with Crippen LogP contribution < -0.4 is 15.5 Å². The molecule has 1 saturated heterocycles. The number of hydrogen-bond donors (Lipinski definition) is 2. The first kappa shape index (κ1) is 21.1. The van der Waals surface area contributed by atoms with Gasteiger partial charge >= 0.3 is 0 Å². The van der Waals surface area contributed by atoms with Crippen molar-refractivity contribution in [1.29, 1.82) is 0 Å². The highest BCUT2D eigenvalue weighted by atomic mass is 15.3. The Kier molecular flexibility index (Phi) is 8.31. The molecule has 1 fully saturated rings. The van der Waals surface area contributed by atoms with Crippen LogP contribution in [0.2, 0.25) is 0 Å². The molecule has 29 heavy (non-hydrogen) atoms. The number of piperazine rings is 1. The van der Waals surface area contributed by atoms with Gasteiger partial charge in [-0.15, -0.1) is 0 Å². The van der Waals surface area contributed by atoms with Gasteiger partial charge in [0.25, 0.3) is 0 Å². The van der Waals surface area contributed by atoms with E-state index in [9.17, 15) is 0 Å². The quantitative estimate of drug-likeness (QED) is 0.532. The van der Waals surface area contributed by atoms with Gasteiger partial charge in [-0.3, -0.25) is 0 Å². The average Bonchev–Trinajstić information content (AvgIpc) is 2.78. The van der Waals surface area contributed by atoms with Gasteiger partial charge in [0.15, 0.2) is 5.96 Å². The molecule has 0 atom stereocenters. The lowest BCUT2D eigenvalue weighted by molar-refractivity contribution is 0.270. The summed E-state index contributed by atoms with van der Waals surface area (Å²) in [6, 6.07) is 14.8. The van der Waals surface area contributed by atoms with E-state index in [2.05, 4.69) is 75.7 Å². The van der Waals surface area contributed by atoms with E-state index in [0.29, 0.717) is 6.54 Å². The largest absolute Gasteiger partial charge is 0.357 e. The first-order valence-electron chi connectivity index (χ1n) is 10.8. The first-order valence-corrected chi connectivity index (χ1v) is 10.8. The molecule has 1 aromatic heterocycles. The molecule has 6 nitrogen and oxygen atoms in total. The molecule has 0 saturated carbocycles. The Labute approximate surface area is 175 Å². The number of benzene rings is 1. The molecule has 0 amide bonds. The summed E-state index contributed by atoms with van der Waals surface area (Å²) in [7, 11) is 0. The van der Waals surface area contributed by atoms with Crippen molar-refractivity contribution in [1.82, 2.24) is 20.5 Å². The molecule has 0 aliphatic carbocycles. The summed E-state index contributed by atoms with van der Waals surface area (Å²) in [6.45, 7) is 12.1. The summed E-state index contributed by atoms with van der Waals surface area (Å²) in [5.41, 5.74) is 2.46. The van der Waals surface area contributed by atoms with Gasteiger partial charge < -0.3 is 20.4 Å². The van der Waals surface area contributed by atoms with Gasteiger partial charge in [0.1, 0.15) is 5.82 Å². The fourth-order valence-corrected chi connectivity index (χ4v) is 3.47. The molecule has 0 radical (unpaired) electrons. The Morgan fingerprint density at radius 3 is 2.41 bits per heavy atom. The van der Waals surface area contributed by atoms with Gasteiger partial charge in [-0.1, -0.05) is 43.3 Å². The van der Waals surface area contributed by atoms with Crippen molar-refractivity contribution in [3.8, 4) is 0 Å². The maximum Gasteiger partial charge on any atom is 0.191 e. The van der Waals surface area contributed by atoms with E-state index in [1.165, 1.54) is 5.56 Å². The van der Waals surface area contributed by atoms with Gasteiger partial charge in [-0.05, 0) is 37.1 Å². The van der Waals surface area contributed by atoms with Crippen LogP contribution in [0.5, 0.6) is 0 Å². The van der Waals surface area contributed by atoms with Gasteiger partial charge in [0, 0.05) is 45.5 Å². The number of hydrogen-bond acceptors (Lipinski definition) is 4. The fourth-order valence-electron chi connectivity index (χ4n) is 3.47. The molecule has 0 bridgehead atoms. The fraction of sp³-hybridized carbons (Fsp3) is 0.478. The molecular formula is C23H34N6. The molecule has 2 N–H and O–H groups in total. The van der Waals surface area contributed by atoms with E-state index < -0.39 is 0 Å². The van der Waals surface area contributed by atoms with E-state index in [1.807, 2.05) is 12.3 Å². The first-order chi connectivity index (χ1) is 14.3. The van der Waals surface area contributed by atoms with Gasteiger partial charge in [-0.2, -0.15) is 0 Å². The molecule has 1 aliphatic rings. The lowest BCUT2D eigenvalue weighted by Gasteiger charge is -2.34. The minimum absolute atomic E-state index is 0.623. The number of aliphatic imine (C=N–C) groups is 1. The van der Waals surface area contributed by atoms with Crippen LogP contribution in [0.4, 0.5) is 5.82 Å². The summed E-state index contributed by atoms with van der Waals surface area (Å²) >= 11 is 0. The van der Waals surface area contributed by atoms with Crippen molar-refractivity contribution >= 4 is 11.8 Å². The minimum Gasteiger partial charge on any atom is -0.357 e. The van der Waals surface area contributed by atoms with Crippen LogP contribution in [0.1, 0.15) is 25.0 Å². The number of rotatable bonds is 8. The highest BCUT2D eigenvalue weighted by molar-refractivity contribution is 5.79. The lowest BCUT2D eigenvalue weighted by Crippen LogP contribution is -2.46. The number of guanidine groups is 1. The summed E-state index contributed by atoms with van der Waals surface area (Å²) in [5, 5.41) is 6.74. The average molecular weight is 395 g/mol. The van der Waals surface area contributed by atoms with E-state index in [4.69, 9.17) is 4.99 Å². The molecule has 2 aromatic rings. The summed E-state index contributed by atoms with van der Waals surface area (Å²) in [5.74, 6) is 1.92. The zero-order valence-corrected chi connectivity index (χ0v) is 17.8. The molecule has 6 heteroatoms. The molecule has 1 aromatic carbocycles. The monoisotopic (exact) mass is 394 g/mol. The van der Waals surface area contributed by atoms with Crippen molar-refractivity contribution in [2.45, 2.75) is 26.8 Å². The number of nitrogens with zero attached hydrogens (tertiary/aromatic N) is 4. The standard InChI is InChI=1S/C23H34N6/c1-3-24-23(25-13-12-20-8-6-5-7-9-20)27-19-21-10-11-22(26-18-21)29-16-14-28(4-2)15-17-29/h5-11,18H,3-4,12-17,19H2,1-2H3,(H2,24,25,27). The van der Waals surface area contributed by atoms with E-state index in [1.54, 1.807) is 0 Å². The van der Waals surface area contributed by atoms with Gasteiger partial charge in [-0.25, -0.2) is 9.98 Å². The number of likely N-dealkylation sites (N-methyl/N-ethyl adjacent to an activating group) is 1. The smallest absolute Gasteiger partial charge is 0.191 e. The Hall–Kier alpha value is -2.60. The summed E-state index contributed by atoms with van der Waals surface area (Å²) < 4.78 is 0. The topological polar surface area (TPSA) is 55.8 Å². The number of aromatic nitrogens is 1. The van der Waals surface area contributed by atoms with Crippen molar-refractivity contribution in [3.05, 3.63) is 59.8 Å². The third kappa shape index (κ3) is 6.75. The van der Waals surface area contributed by atoms with Crippen LogP contribution in [0.25, 0.3) is 0 Å². The zero-order valence-electron chi connectivity index (χ0n) is 17.8. The second-order valence-electron chi connectivity index (χ2n) is 7.30. The lowest BCUT2D eigenvalue weighted by atomic mass is 10.1. The molecular weight excluding hydrogens is 360 g/mol. The van der Waals surface area contributed by atoms with Crippen LogP contribution in [0.3, 0.4) is 0 Å². The van der Waals surface area contributed by atoms with Gasteiger partial charge in [0.05, 0.1) is 6.54 Å². The van der Waals surface area contributed by atoms with Gasteiger partial charge in [0.2, 0.25) is 0 Å². The Bertz CT molecular complexity index is 736. The molecule has 156 valence electrons. The van der Waals surface area contributed by atoms with Crippen molar-refractivity contribution in [2.75, 3.05) is 50.7 Å². The minimum atomic E-state index is 0.623. The third-order valence-corrected chi connectivity index (χ3v) is 5.27. The molecule has 0 unspecified atom stereocenters. The van der Waals surface area contributed by atoms with Crippen LogP contribution in [-0.2, 0) is 13.0 Å². The van der Waals surface area contributed by atoms with Crippen molar-refractivity contribution < 1.29 is 0 Å². The predicted molar refractivity (Wildman–Crippen MR) is 122 cm³/mol. The third-order valence-electron chi connectivity index (χ3n) is 5.27. The van der Waals surface area contributed by atoms with E-state index in [0.717, 1.165) is 69.6 Å². The maximum atomic E-state index is 4.71. The van der Waals surface area contributed by atoms with Crippen molar-refractivity contribution in [3.63, 3.8) is 0 Å². The predicted octanol–water partition coefficient (Wildman–Crippen LogP) is 2.52. The summed E-state index contributed by atoms with van der Waals surface area (Å²) in [4.78, 5) is 14.2. The van der Waals surface area contributed by atoms with Crippen LogP contribution in [0.15, 0.2) is 53.7 Å². The van der Waals surface area contributed by atoms with E-state index in [-0.39, 0.29) is 0 Å². The van der Waals surface area contributed by atoms with Crippen LogP contribution >= 0.6 is 0 Å². The van der Waals surface area contributed by atoms with Crippen LogP contribution in [0, 0.1) is 0 Å². The number of anilines is 1. The Balaban J connectivity index is 1.49. The normalized spacial score (nSPS) is 15.4.